The van der Waals surface area contributed by atoms with Gasteiger partial charge in [0.15, 0.2) is 0 Å². The van der Waals surface area contributed by atoms with Gasteiger partial charge in [0.05, 0.1) is 6.54 Å². The van der Waals surface area contributed by atoms with Crippen molar-refractivity contribution >= 4 is 6.29 Å². The quantitative estimate of drug-likeness (QED) is 0.496. The molecule has 0 spiro atoms. The van der Waals surface area contributed by atoms with E-state index in [-0.39, 0.29) is 0 Å². The van der Waals surface area contributed by atoms with E-state index < -0.39 is 0 Å². The Morgan fingerprint density at radius 1 is 1.78 bits per heavy atom. The molecule has 1 fully saturated rings. The van der Waals surface area contributed by atoms with Gasteiger partial charge >= 0.3 is 0 Å². The molecule has 1 aliphatic rings. The molecule has 9 heavy (non-hydrogen) atoms. The summed E-state index contributed by atoms with van der Waals surface area (Å²) in [6, 6.07) is 0.296. The van der Waals surface area contributed by atoms with Crippen molar-refractivity contribution in [1.29, 1.82) is 0 Å². The summed E-state index contributed by atoms with van der Waals surface area (Å²) < 4.78 is 0. The third kappa shape index (κ3) is 1.77. The van der Waals surface area contributed by atoms with Crippen molar-refractivity contribution in [3.8, 4) is 0 Å². The Balaban J connectivity index is 2.21. The molecule has 0 saturated carbocycles. The Kier molecular flexibility index (Phi) is 2.19. The minimum absolute atomic E-state index is 0.296. The van der Waals surface area contributed by atoms with Gasteiger partial charge in [0.2, 0.25) is 0 Å². The largest absolute Gasteiger partial charge is 0.326 e. The van der Waals surface area contributed by atoms with E-state index in [2.05, 4.69) is 4.90 Å². The summed E-state index contributed by atoms with van der Waals surface area (Å²) in [6.07, 6.45) is 1.96. The summed E-state index contributed by atoms with van der Waals surface area (Å²) in [4.78, 5) is 12.1. The van der Waals surface area contributed by atoms with Gasteiger partial charge in [-0.1, -0.05) is 0 Å². The SMILES string of the molecule is N[C@H]1CCN(CC=O)C1. The Morgan fingerprint density at radius 3 is 3.00 bits per heavy atom. The Bertz CT molecular complexity index is 105. The molecule has 0 unspecified atom stereocenters. The van der Waals surface area contributed by atoms with E-state index in [0.717, 1.165) is 25.8 Å². The van der Waals surface area contributed by atoms with E-state index in [1.165, 1.54) is 0 Å². The minimum Gasteiger partial charge on any atom is -0.326 e. The van der Waals surface area contributed by atoms with E-state index >= 15 is 0 Å². The molecular weight excluding hydrogens is 116 g/mol. The van der Waals surface area contributed by atoms with E-state index in [9.17, 15) is 4.79 Å². The fourth-order valence-electron chi connectivity index (χ4n) is 1.13. The van der Waals surface area contributed by atoms with Crippen molar-refractivity contribution in [2.45, 2.75) is 12.5 Å². The number of nitrogens with two attached hydrogens (primary N) is 1. The number of nitrogens with zero attached hydrogens (tertiary/aromatic N) is 1. The predicted octanol–water partition coefficient (Wildman–Crippen LogP) is -0.782. The first-order valence-electron chi connectivity index (χ1n) is 3.24. The zero-order valence-corrected chi connectivity index (χ0v) is 5.42. The van der Waals surface area contributed by atoms with Crippen LogP contribution < -0.4 is 5.73 Å². The lowest BCUT2D eigenvalue weighted by molar-refractivity contribution is -0.108. The van der Waals surface area contributed by atoms with Crippen LogP contribution in [-0.2, 0) is 4.79 Å². The first kappa shape index (κ1) is 6.71. The second kappa shape index (κ2) is 2.94. The number of carbonyl (C=O) groups is 1. The van der Waals surface area contributed by atoms with Crippen LogP contribution in [0.5, 0.6) is 0 Å². The number of rotatable bonds is 2. The van der Waals surface area contributed by atoms with Crippen molar-refractivity contribution in [3.05, 3.63) is 0 Å². The molecule has 0 aromatic heterocycles. The summed E-state index contributed by atoms with van der Waals surface area (Å²) >= 11 is 0. The van der Waals surface area contributed by atoms with E-state index in [1.807, 2.05) is 0 Å². The molecule has 0 radical (unpaired) electrons. The molecular formula is C6H12N2O. The van der Waals surface area contributed by atoms with Crippen LogP contribution in [0.1, 0.15) is 6.42 Å². The highest BCUT2D eigenvalue weighted by Crippen LogP contribution is 2.04. The van der Waals surface area contributed by atoms with Gasteiger partial charge in [0.25, 0.3) is 0 Å². The standard InChI is InChI=1S/C6H12N2O/c7-6-1-2-8(5-6)3-4-9/h4,6H,1-3,5,7H2/t6-/m0/s1. The van der Waals surface area contributed by atoms with Gasteiger partial charge in [-0.3, -0.25) is 4.90 Å². The van der Waals surface area contributed by atoms with Gasteiger partial charge in [-0.05, 0) is 6.42 Å². The lowest BCUT2D eigenvalue weighted by Gasteiger charge is -2.08. The lowest BCUT2D eigenvalue weighted by atomic mass is 10.3. The van der Waals surface area contributed by atoms with Gasteiger partial charge < -0.3 is 10.5 Å². The highest BCUT2D eigenvalue weighted by molar-refractivity contribution is 5.52. The first-order valence-corrected chi connectivity index (χ1v) is 3.24. The summed E-state index contributed by atoms with van der Waals surface area (Å²) in [7, 11) is 0. The fraction of sp³-hybridized carbons (Fsp3) is 0.833. The molecule has 1 saturated heterocycles. The van der Waals surface area contributed by atoms with E-state index in [4.69, 9.17) is 5.73 Å². The van der Waals surface area contributed by atoms with Crippen LogP contribution in [-0.4, -0.2) is 36.9 Å². The van der Waals surface area contributed by atoms with Gasteiger partial charge in [-0.15, -0.1) is 0 Å². The Morgan fingerprint density at radius 2 is 2.56 bits per heavy atom. The van der Waals surface area contributed by atoms with Crippen molar-refractivity contribution in [2.75, 3.05) is 19.6 Å². The van der Waals surface area contributed by atoms with Crippen molar-refractivity contribution in [3.63, 3.8) is 0 Å². The molecule has 0 aromatic carbocycles. The summed E-state index contributed by atoms with van der Waals surface area (Å²) in [5, 5.41) is 0. The van der Waals surface area contributed by atoms with E-state index in [1.54, 1.807) is 0 Å². The van der Waals surface area contributed by atoms with Crippen LogP contribution in [0.4, 0.5) is 0 Å². The number of aldehydes is 1. The van der Waals surface area contributed by atoms with Crippen LogP contribution in [0.2, 0.25) is 0 Å². The van der Waals surface area contributed by atoms with Crippen molar-refractivity contribution in [2.24, 2.45) is 5.73 Å². The molecule has 1 atom stereocenters. The van der Waals surface area contributed by atoms with E-state index in [0.29, 0.717) is 12.6 Å². The molecule has 1 heterocycles. The molecule has 0 bridgehead atoms. The number of likely N-dealkylation sites (tertiary alicyclic amines) is 1. The molecule has 2 N–H and O–H groups in total. The highest BCUT2D eigenvalue weighted by Gasteiger charge is 2.17. The summed E-state index contributed by atoms with van der Waals surface area (Å²) in [6.45, 7) is 2.42. The van der Waals surface area contributed by atoms with Crippen LogP contribution in [0.15, 0.2) is 0 Å². The zero-order valence-electron chi connectivity index (χ0n) is 5.42. The van der Waals surface area contributed by atoms with Gasteiger partial charge in [-0.25, -0.2) is 0 Å². The average Bonchev–Trinajstić information content (AvgIpc) is 2.17. The number of carbonyl (C=O) groups excluding carboxylic acids is 1. The average molecular weight is 128 g/mol. The molecule has 1 aliphatic heterocycles. The first-order chi connectivity index (χ1) is 4.33. The highest BCUT2D eigenvalue weighted by atomic mass is 16.1. The third-order valence-corrected chi connectivity index (χ3v) is 1.64. The molecule has 1 rings (SSSR count). The minimum atomic E-state index is 0.296. The molecule has 52 valence electrons. The topological polar surface area (TPSA) is 46.3 Å². The lowest BCUT2D eigenvalue weighted by Crippen LogP contribution is -2.27. The second-order valence-electron chi connectivity index (χ2n) is 2.47. The number of hydrogen-bond donors (Lipinski definition) is 1. The van der Waals surface area contributed by atoms with Crippen LogP contribution in [0.25, 0.3) is 0 Å². The summed E-state index contributed by atoms with van der Waals surface area (Å²) in [5.74, 6) is 0. The van der Waals surface area contributed by atoms with Crippen molar-refractivity contribution < 1.29 is 4.79 Å². The molecule has 0 aliphatic carbocycles. The van der Waals surface area contributed by atoms with Crippen molar-refractivity contribution in [1.82, 2.24) is 4.90 Å². The van der Waals surface area contributed by atoms with Gasteiger partial charge in [-0.2, -0.15) is 0 Å². The normalized spacial score (nSPS) is 28.8. The Hall–Kier alpha value is -0.410. The Labute approximate surface area is 54.8 Å². The third-order valence-electron chi connectivity index (χ3n) is 1.64. The maximum atomic E-state index is 9.99. The second-order valence-corrected chi connectivity index (χ2v) is 2.47. The zero-order chi connectivity index (χ0) is 6.69. The van der Waals surface area contributed by atoms with Crippen LogP contribution in [0.3, 0.4) is 0 Å². The maximum absolute atomic E-state index is 9.99. The predicted molar refractivity (Wildman–Crippen MR) is 35.1 cm³/mol. The molecule has 0 amide bonds. The van der Waals surface area contributed by atoms with Crippen LogP contribution >= 0.6 is 0 Å². The fourth-order valence-corrected chi connectivity index (χ4v) is 1.13. The molecule has 0 aromatic rings. The number of hydrogen-bond acceptors (Lipinski definition) is 3. The summed E-state index contributed by atoms with van der Waals surface area (Å²) in [5.41, 5.74) is 5.60. The smallest absolute Gasteiger partial charge is 0.133 e. The van der Waals surface area contributed by atoms with Crippen LogP contribution in [0, 0.1) is 0 Å². The maximum Gasteiger partial charge on any atom is 0.133 e. The molecule has 3 nitrogen and oxygen atoms in total. The van der Waals surface area contributed by atoms with Gasteiger partial charge in [0, 0.05) is 19.1 Å². The molecule has 3 heteroatoms. The monoisotopic (exact) mass is 128 g/mol. The van der Waals surface area contributed by atoms with Gasteiger partial charge in [0.1, 0.15) is 6.29 Å².